The minimum absolute atomic E-state index is 0.0564. The smallest absolute Gasteiger partial charge is 0.389 e. The highest BCUT2D eigenvalue weighted by atomic mass is 19.4. The van der Waals surface area contributed by atoms with Gasteiger partial charge in [0.2, 0.25) is 0 Å². The highest BCUT2D eigenvalue weighted by Gasteiger charge is 2.30. The molecule has 100 valence electrons. The summed E-state index contributed by atoms with van der Waals surface area (Å²) in [7, 11) is 0. The highest BCUT2D eigenvalue weighted by molar-refractivity contribution is 5.37. The van der Waals surface area contributed by atoms with Gasteiger partial charge in [-0.3, -0.25) is 0 Å². The number of para-hydroxylation sites is 1. The normalized spacial score (nSPS) is 20.3. The van der Waals surface area contributed by atoms with Crippen LogP contribution in [0, 0.1) is 0 Å². The number of alkyl halides is 3. The van der Waals surface area contributed by atoms with E-state index in [1.54, 1.807) is 0 Å². The van der Waals surface area contributed by atoms with E-state index in [-0.39, 0.29) is 18.6 Å². The summed E-state index contributed by atoms with van der Waals surface area (Å²) in [6, 6.07) is 7.26. The number of hydrogen-bond donors (Lipinski definition) is 1. The molecule has 2 rings (SSSR count). The van der Waals surface area contributed by atoms with Gasteiger partial charge in [0.05, 0.1) is 0 Å². The number of fused-ring (bicyclic) bond motifs is 1. The third kappa shape index (κ3) is 3.38. The molecule has 0 saturated carbocycles. The van der Waals surface area contributed by atoms with Crippen LogP contribution >= 0.6 is 0 Å². The molecule has 18 heavy (non-hydrogen) atoms. The van der Waals surface area contributed by atoms with E-state index in [1.165, 1.54) is 0 Å². The Bertz CT molecular complexity index is 380. The Labute approximate surface area is 104 Å². The van der Waals surface area contributed by atoms with Gasteiger partial charge in [0.1, 0.15) is 11.9 Å². The van der Waals surface area contributed by atoms with Crippen molar-refractivity contribution in [3.63, 3.8) is 0 Å². The van der Waals surface area contributed by atoms with Crippen LogP contribution in [0.2, 0.25) is 0 Å². The predicted molar refractivity (Wildman–Crippen MR) is 62.4 cm³/mol. The summed E-state index contributed by atoms with van der Waals surface area (Å²) in [6.45, 7) is 0. The minimum atomic E-state index is -4.10. The second kappa shape index (κ2) is 5.18. The maximum atomic E-state index is 12.0. The number of rotatable bonds is 4. The first-order valence-corrected chi connectivity index (χ1v) is 6.02. The highest BCUT2D eigenvalue weighted by Crippen LogP contribution is 2.30. The molecule has 0 saturated heterocycles. The lowest BCUT2D eigenvalue weighted by molar-refractivity contribution is -0.136. The first-order chi connectivity index (χ1) is 8.46. The zero-order valence-corrected chi connectivity index (χ0v) is 9.91. The third-order valence-corrected chi connectivity index (χ3v) is 3.15. The molecule has 1 aromatic carbocycles. The fraction of sp³-hybridized carbons (Fsp3) is 0.538. The van der Waals surface area contributed by atoms with E-state index in [2.05, 4.69) is 0 Å². The van der Waals surface area contributed by atoms with E-state index < -0.39 is 12.6 Å². The Morgan fingerprint density at radius 3 is 2.72 bits per heavy atom. The molecule has 1 aromatic rings. The summed E-state index contributed by atoms with van der Waals surface area (Å²) in [5.41, 5.74) is 6.97. The summed E-state index contributed by atoms with van der Waals surface area (Å²) >= 11 is 0. The Morgan fingerprint density at radius 2 is 2.06 bits per heavy atom. The summed E-state index contributed by atoms with van der Waals surface area (Å²) in [5.74, 6) is 0.800. The fourth-order valence-electron chi connectivity index (χ4n) is 2.17. The van der Waals surface area contributed by atoms with Crippen LogP contribution in [-0.2, 0) is 6.42 Å². The van der Waals surface area contributed by atoms with Gasteiger partial charge in [0.15, 0.2) is 0 Å². The molecule has 2 unspecified atom stereocenters. The van der Waals surface area contributed by atoms with Crippen LogP contribution in [0.1, 0.15) is 24.8 Å². The van der Waals surface area contributed by atoms with Crippen LogP contribution < -0.4 is 10.5 Å². The molecule has 0 amide bonds. The van der Waals surface area contributed by atoms with Crippen LogP contribution in [-0.4, -0.2) is 18.3 Å². The number of hydrogen-bond acceptors (Lipinski definition) is 2. The average Bonchev–Trinajstić information content (AvgIpc) is 2.70. The number of ether oxygens (including phenoxy) is 1. The maximum Gasteiger partial charge on any atom is 0.389 e. The van der Waals surface area contributed by atoms with Crippen LogP contribution in [0.15, 0.2) is 24.3 Å². The van der Waals surface area contributed by atoms with Crippen molar-refractivity contribution < 1.29 is 17.9 Å². The molecule has 0 aliphatic carbocycles. The molecule has 1 heterocycles. The first-order valence-electron chi connectivity index (χ1n) is 6.02. The first kappa shape index (κ1) is 13.2. The van der Waals surface area contributed by atoms with Crippen LogP contribution in [0.5, 0.6) is 5.75 Å². The van der Waals surface area contributed by atoms with Crippen LogP contribution in [0.4, 0.5) is 13.2 Å². The Hall–Kier alpha value is -1.23. The van der Waals surface area contributed by atoms with E-state index in [0.29, 0.717) is 12.8 Å². The molecular formula is C13H16F3NO. The van der Waals surface area contributed by atoms with Gasteiger partial charge in [-0.15, -0.1) is 0 Å². The zero-order chi connectivity index (χ0) is 13.2. The molecule has 2 atom stereocenters. The summed E-state index contributed by atoms with van der Waals surface area (Å²) < 4.78 is 41.7. The summed E-state index contributed by atoms with van der Waals surface area (Å²) in [5, 5.41) is 0. The van der Waals surface area contributed by atoms with Crippen molar-refractivity contribution in [1.29, 1.82) is 0 Å². The molecule has 1 aliphatic rings. The molecule has 0 bridgehead atoms. The SMILES string of the molecule is NC(CCCC(F)(F)F)C1Cc2ccccc2O1. The molecular weight excluding hydrogens is 243 g/mol. The fourth-order valence-corrected chi connectivity index (χ4v) is 2.17. The van der Waals surface area contributed by atoms with Crippen molar-refractivity contribution in [2.75, 3.05) is 0 Å². The standard InChI is InChI=1S/C13H16F3NO/c14-13(15,16)7-3-5-10(17)12-8-9-4-1-2-6-11(9)18-12/h1-2,4,6,10,12H,3,5,7-8,17H2. The second-order valence-corrected chi connectivity index (χ2v) is 4.64. The third-order valence-electron chi connectivity index (χ3n) is 3.15. The van der Waals surface area contributed by atoms with Crippen LogP contribution in [0.25, 0.3) is 0 Å². The van der Waals surface area contributed by atoms with E-state index in [0.717, 1.165) is 11.3 Å². The van der Waals surface area contributed by atoms with E-state index in [4.69, 9.17) is 10.5 Å². The maximum absolute atomic E-state index is 12.0. The van der Waals surface area contributed by atoms with Crippen molar-refractivity contribution in [2.24, 2.45) is 5.73 Å². The topological polar surface area (TPSA) is 35.2 Å². The number of nitrogens with two attached hydrogens (primary N) is 1. The molecule has 0 fully saturated rings. The quantitative estimate of drug-likeness (QED) is 0.902. The van der Waals surface area contributed by atoms with E-state index >= 15 is 0 Å². The van der Waals surface area contributed by atoms with Gasteiger partial charge in [0, 0.05) is 18.9 Å². The number of benzene rings is 1. The van der Waals surface area contributed by atoms with Gasteiger partial charge in [-0.25, -0.2) is 0 Å². The second-order valence-electron chi connectivity index (χ2n) is 4.64. The van der Waals surface area contributed by atoms with E-state index in [1.807, 2.05) is 24.3 Å². The van der Waals surface area contributed by atoms with Crippen molar-refractivity contribution in [1.82, 2.24) is 0 Å². The van der Waals surface area contributed by atoms with E-state index in [9.17, 15) is 13.2 Å². The zero-order valence-electron chi connectivity index (χ0n) is 9.91. The van der Waals surface area contributed by atoms with Gasteiger partial charge < -0.3 is 10.5 Å². The van der Waals surface area contributed by atoms with Crippen molar-refractivity contribution in [2.45, 2.75) is 44.0 Å². The molecule has 5 heteroatoms. The van der Waals surface area contributed by atoms with Crippen molar-refractivity contribution >= 4 is 0 Å². The van der Waals surface area contributed by atoms with Gasteiger partial charge in [-0.2, -0.15) is 13.2 Å². The molecule has 0 spiro atoms. The Morgan fingerprint density at radius 1 is 1.33 bits per heavy atom. The Balaban J connectivity index is 1.81. The summed E-state index contributed by atoms with van der Waals surface area (Å²) in [4.78, 5) is 0. The summed E-state index contributed by atoms with van der Waals surface area (Å²) in [6.07, 6.45) is -4.00. The van der Waals surface area contributed by atoms with Gasteiger partial charge in [-0.05, 0) is 24.5 Å². The number of halogens is 3. The van der Waals surface area contributed by atoms with Gasteiger partial charge >= 0.3 is 6.18 Å². The monoisotopic (exact) mass is 259 g/mol. The van der Waals surface area contributed by atoms with Crippen LogP contribution in [0.3, 0.4) is 0 Å². The molecule has 0 aromatic heterocycles. The van der Waals surface area contributed by atoms with Gasteiger partial charge in [-0.1, -0.05) is 18.2 Å². The van der Waals surface area contributed by atoms with Gasteiger partial charge in [0.25, 0.3) is 0 Å². The lowest BCUT2D eigenvalue weighted by Crippen LogP contribution is -2.38. The minimum Gasteiger partial charge on any atom is -0.488 e. The van der Waals surface area contributed by atoms with Crippen molar-refractivity contribution in [3.8, 4) is 5.75 Å². The largest absolute Gasteiger partial charge is 0.488 e. The molecule has 0 radical (unpaired) electrons. The molecule has 2 N–H and O–H groups in total. The predicted octanol–water partition coefficient (Wildman–Crippen LogP) is 3.05. The Kier molecular flexibility index (Phi) is 3.80. The van der Waals surface area contributed by atoms with Crippen molar-refractivity contribution in [3.05, 3.63) is 29.8 Å². The lowest BCUT2D eigenvalue weighted by Gasteiger charge is -2.19. The average molecular weight is 259 g/mol. The molecule has 2 nitrogen and oxygen atoms in total. The lowest BCUT2D eigenvalue weighted by atomic mass is 10.0. The molecule has 1 aliphatic heterocycles.